The molecule has 0 aliphatic carbocycles. The van der Waals surface area contributed by atoms with Crippen molar-refractivity contribution in [3.8, 4) is 0 Å². The summed E-state index contributed by atoms with van der Waals surface area (Å²) in [5.74, 6) is 0. The molecule has 0 saturated carbocycles. The van der Waals surface area contributed by atoms with E-state index in [4.69, 9.17) is 162 Å². The minimum absolute atomic E-state index is 0.0573. The van der Waals surface area contributed by atoms with Gasteiger partial charge in [0.05, 0.1) is 0 Å². The molecule has 0 atom stereocenters. The molecule has 0 nitrogen and oxygen atoms in total. The predicted octanol–water partition coefficient (Wildman–Crippen LogP) is 10.3. The van der Waals surface area contributed by atoms with Crippen LogP contribution in [0.25, 0.3) is 0 Å². The highest BCUT2D eigenvalue weighted by molar-refractivity contribution is 6.79. The van der Waals surface area contributed by atoms with Gasteiger partial charge in [-0.15, -0.1) is 0 Å². The van der Waals surface area contributed by atoms with Gasteiger partial charge in [0, 0.05) is 0 Å². The molecule has 0 aliphatic rings. The summed E-state index contributed by atoms with van der Waals surface area (Å²) in [4.78, 5) is 0. The van der Waals surface area contributed by atoms with Gasteiger partial charge in [0.25, 0.3) is 0 Å². The molecule has 0 spiro atoms. The maximum Gasteiger partial charge on any atom is 0.226 e. The molecule has 0 amide bonds. The minimum Gasteiger partial charge on any atom is -0.0930 e. The molecule has 0 heterocycles. The van der Waals surface area contributed by atoms with E-state index in [1.54, 1.807) is 6.92 Å². The average Bonchev–Trinajstić information content (AvgIpc) is 2.44. The van der Waals surface area contributed by atoms with Gasteiger partial charge < -0.3 is 0 Å². The summed E-state index contributed by atoms with van der Waals surface area (Å²) in [6.07, 6.45) is 0. The largest absolute Gasteiger partial charge is 0.226 e. The Morgan fingerprint density at radius 3 is 1.30 bits per heavy atom. The standard InChI is InChI=1S/C13H6Cl14/c1-5-2-3-6(8(14,15)10(18,19)12(22,23)24)4-7(5)9(16,17)11(20,21)13(25,26)27/h2-4H,1H3. The highest BCUT2D eigenvalue weighted by atomic mass is 35.6. The molecule has 0 saturated heterocycles. The zero-order valence-corrected chi connectivity index (χ0v) is 23.1. The second kappa shape index (κ2) is 8.90. The molecule has 27 heavy (non-hydrogen) atoms. The van der Waals surface area contributed by atoms with Crippen LogP contribution in [0.4, 0.5) is 0 Å². The van der Waals surface area contributed by atoms with Crippen LogP contribution in [0.5, 0.6) is 0 Å². The second-order valence-electron chi connectivity index (χ2n) is 5.32. The van der Waals surface area contributed by atoms with E-state index in [1.807, 2.05) is 0 Å². The molecular weight excluding hydrogens is 652 g/mol. The first-order valence-corrected chi connectivity index (χ1v) is 11.7. The van der Waals surface area contributed by atoms with Crippen LogP contribution in [0.2, 0.25) is 0 Å². The van der Waals surface area contributed by atoms with E-state index in [9.17, 15) is 0 Å². The van der Waals surface area contributed by atoms with E-state index in [0.29, 0.717) is 5.56 Å². The van der Waals surface area contributed by atoms with Crippen molar-refractivity contribution in [1.29, 1.82) is 0 Å². The lowest BCUT2D eigenvalue weighted by Crippen LogP contribution is -2.46. The molecule has 0 radical (unpaired) electrons. The normalized spacial score (nSPS) is 15.2. The van der Waals surface area contributed by atoms with Crippen molar-refractivity contribution in [2.75, 3.05) is 0 Å². The number of hydrogen-bond donors (Lipinski definition) is 0. The fourth-order valence-corrected chi connectivity index (χ4v) is 4.92. The van der Waals surface area contributed by atoms with E-state index in [2.05, 4.69) is 0 Å². The van der Waals surface area contributed by atoms with Gasteiger partial charge in [-0.05, 0) is 29.7 Å². The number of benzene rings is 1. The van der Waals surface area contributed by atoms with Gasteiger partial charge in [-0.25, -0.2) is 0 Å². The first-order valence-electron chi connectivity index (χ1n) is 6.38. The van der Waals surface area contributed by atoms with Crippen molar-refractivity contribution in [2.45, 2.75) is 31.8 Å². The molecular formula is C13H6Cl14. The zero-order chi connectivity index (χ0) is 21.9. The summed E-state index contributed by atoms with van der Waals surface area (Å²) in [6.45, 7) is 1.63. The van der Waals surface area contributed by atoms with Crippen molar-refractivity contribution < 1.29 is 0 Å². The second-order valence-corrected chi connectivity index (χ2v) is 15.2. The Kier molecular flexibility index (Phi) is 9.34. The fraction of sp³-hybridized carbons (Fsp3) is 0.538. The number of hydrogen-bond acceptors (Lipinski definition) is 0. The third-order valence-electron chi connectivity index (χ3n) is 3.44. The van der Waals surface area contributed by atoms with Crippen LogP contribution in [-0.4, -0.2) is 16.3 Å². The van der Waals surface area contributed by atoms with Crippen LogP contribution >= 0.6 is 162 Å². The summed E-state index contributed by atoms with van der Waals surface area (Å²) in [5.41, 5.74) is 0.650. The number of aryl methyl sites for hydroxylation is 1. The van der Waals surface area contributed by atoms with E-state index >= 15 is 0 Å². The monoisotopic (exact) mass is 652 g/mol. The van der Waals surface area contributed by atoms with Crippen molar-refractivity contribution in [3.05, 3.63) is 34.9 Å². The highest BCUT2D eigenvalue weighted by Gasteiger charge is 2.63. The topological polar surface area (TPSA) is 0 Å². The lowest BCUT2D eigenvalue weighted by Gasteiger charge is -2.40. The molecule has 0 aromatic heterocycles. The quantitative estimate of drug-likeness (QED) is 0.283. The molecule has 14 heteroatoms. The highest BCUT2D eigenvalue weighted by Crippen LogP contribution is 2.63. The van der Waals surface area contributed by atoms with Crippen molar-refractivity contribution in [3.63, 3.8) is 0 Å². The summed E-state index contributed by atoms with van der Waals surface area (Å²) in [6, 6.07) is 4.29. The van der Waals surface area contributed by atoms with Crippen LogP contribution in [-0.2, 0) is 8.67 Å². The van der Waals surface area contributed by atoms with Gasteiger partial charge in [0.1, 0.15) is 0 Å². The summed E-state index contributed by atoms with van der Waals surface area (Å²) >= 11 is 84.9. The lowest BCUT2D eigenvalue weighted by molar-refractivity contribution is 0.678. The Labute approximate surface area is 226 Å². The van der Waals surface area contributed by atoms with Gasteiger partial charge >= 0.3 is 0 Å². The van der Waals surface area contributed by atoms with Crippen LogP contribution in [0, 0.1) is 6.92 Å². The van der Waals surface area contributed by atoms with Crippen LogP contribution in [0.3, 0.4) is 0 Å². The van der Waals surface area contributed by atoms with E-state index in [-0.39, 0.29) is 11.1 Å². The van der Waals surface area contributed by atoms with E-state index in [1.165, 1.54) is 18.2 Å². The van der Waals surface area contributed by atoms with Gasteiger partial charge in [-0.3, -0.25) is 0 Å². The molecule has 1 rings (SSSR count). The Balaban J connectivity index is 3.67. The van der Waals surface area contributed by atoms with E-state index in [0.717, 1.165) is 0 Å². The molecule has 0 N–H and O–H groups in total. The molecule has 0 bridgehead atoms. The van der Waals surface area contributed by atoms with Crippen molar-refractivity contribution >= 4 is 162 Å². The van der Waals surface area contributed by atoms with Gasteiger partial charge in [-0.1, -0.05) is 175 Å². The lowest BCUT2D eigenvalue weighted by atomic mass is 9.97. The van der Waals surface area contributed by atoms with Crippen LogP contribution in [0.15, 0.2) is 18.2 Å². The summed E-state index contributed by atoms with van der Waals surface area (Å²) < 4.78 is -13.4. The minimum atomic E-state index is -2.30. The van der Waals surface area contributed by atoms with Crippen molar-refractivity contribution in [2.24, 2.45) is 0 Å². The van der Waals surface area contributed by atoms with Gasteiger partial charge in [-0.2, -0.15) is 0 Å². The predicted molar refractivity (Wildman–Crippen MR) is 127 cm³/mol. The van der Waals surface area contributed by atoms with Crippen LogP contribution < -0.4 is 0 Å². The summed E-state index contributed by atoms with van der Waals surface area (Å²) in [5, 5.41) is 0. The van der Waals surface area contributed by atoms with Crippen molar-refractivity contribution in [1.82, 2.24) is 0 Å². The molecule has 0 aliphatic heterocycles. The van der Waals surface area contributed by atoms with Gasteiger partial charge in [0.2, 0.25) is 16.3 Å². The first kappa shape index (κ1) is 28.3. The Bertz CT molecular complexity index is 694. The Morgan fingerprint density at radius 2 is 0.926 bits per heavy atom. The van der Waals surface area contributed by atoms with E-state index < -0.39 is 24.9 Å². The molecule has 156 valence electrons. The SMILES string of the molecule is Cc1ccc(C(Cl)(Cl)C(Cl)(Cl)C(Cl)(Cl)Cl)cc1C(Cl)(Cl)C(Cl)(Cl)C(Cl)(Cl)Cl. The molecule has 0 fully saturated rings. The zero-order valence-electron chi connectivity index (χ0n) is 12.5. The van der Waals surface area contributed by atoms with Gasteiger partial charge in [0.15, 0.2) is 8.67 Å². The molecule has 0 unspecified atom stereocenters. The maximum atomic E-state index is 6.39. The first-order chi connectivity index (χ1) is 11.6. The molecule has 1 aromatic carbocycles. The average molecular weight is 659 g/mol. The Morgan fingerprint density at radius 1 is 0.556 bits per heavy atom. The Hall–Kier alpha value is 3.28. The maximum absolute atomic E-state index is 6.39. The smallest absolute Gasteiger partial charge is 0.0930 e. The number of rotatable bonds is 4. The third-order valence-corrected chi connectivity index (χ3v) is 11.3. The summed E-state index contributed by atoms with van der Waals surface area (Å²) in [7, 11) is 0. The number of alkyl halides is 14. The molecule has 1 aromatic rings. The fourth-order valence-electron chi connectivity index (χ4n) is 1.86. The third kappa shape index (κ3) is 5.27. The van der Waals surface area contributed by atoms with Crippen LogP contribution in [0.1, 0.15) is 16.7 Å². The number of halogens is 14.